The largest absolute Gasteiger partial charge is 0.336 e. The van der Waals surface area contributed by atoms with E-state index >= 15 is 0 Å². The number of hydrogen-bond acceptors (Lipinski definition) is 3. The third-order valence-electron chi connectivity index (χ3n) is 8.23. The van der Waals surface area contributed by atoms with Gasteiger partial charge in [-0.2, -0.15) is 5.10 Å². The molecule has 6 heteroatoms. The molecule has 3 aromatic carbocycles. The summed E-state index contributed by atoms with van der Waals surface area (Å²) in [5.74, 6) is 0.190. The van der Waals surface area contributed by atoms with Gasteiger partial charge in [0.2, 0.25) is 5.91 Å². The van der Waals surface area contributed by atoms with Crippen LogP contribution in [0, 0.1) is 0 Å². The first-order chi connectivity index (χ1) is 20.9. The number of carbonyl (C=O) groups is 1. The van der Waals surface area contributed by atoms with Crippen molar-refractivity contribution < 1.29 is 4.79 Å². The van der Waals surface area contributed by atoms with Crippen LogP contribution in [-0.4, -0.2) is 38.2 Å². The van der Waals surface area contributed by atoms with E-state index in [2.05, 4.69) is 56.1 Å². The number of nitrogens with zero attached hydrogens (tertiary/aromatic N) is 4. The van der Waals surface area contributed by atoms with Crippen molar-refractivity contribution >= 4 is 23.1 Å². The van der Waals surface area contributed by atoms with Crippen LogP contribution in [0.2, 0.25) is 5.02 Å². The third kappa shape index (κ3) is 6.04. The van der Waals surface area contributed by atoms with Crippen LogP contribution in [0.1, 0.15) is 49.1 Å². The molecule has 0 spiro atoms. The second-order valence-corrected chi connectivity index (χ2v) is 11.8. The van der Waals surface area contributed by atoms with Gasteiger partial charge in [-0.25, -0.2) is 4.68 Å². The molecule has 0 aliphatic heterocycles. The predicted molar refractivity (Wildman–Crippen MR) is 174 cm³/mol. The summed E-state index contributed by atoms with van der Waals surface area (Å²) >= 11 is 6.19. The van der Waals surface area contributed by atoms with Crippen LogP contribution in [0.25, 0.3) is 22.5 Å². The summed E-state index contributed by atoms with van der Waals surface area (Å²) in [7, 11) is 0. The Morgan fingerprint density at radius 3 is 2.35 bits per heavy atom. The van der Waals surface area contributed by atoms with E-state index in [9.17, 15) is 4.79 Å². The molecular formula is C37H35ClN4O. The van der Waals surface area contributed by atoms with Gasteiger partial charge >= 0.3 is 0 Å². The molecule has 1 aliphatic rings. The number of pyridine rings is 1. The number of para-hydroxylation sites is 1. The standard InChI is InChI=1S/C37H35ClN4O/c1-25(2)41(23-29-21-28-11-7-8-14-33(28)36(29)26(3)34-15-9-10-20-39-34)35(43)22-30-24-42(32-12-5-4-6-13-32)40-37(30)27-16-18-31(38)19-17-27/h4-20,24-26H,21-23H2,1-3H3. The topological polar surface area (TPSA) is 51.0 Å². The Kier molecular flexibility index (Phi) is 8.26. The fraction of sp³-hybridized carbons (Fsp3) is 0.216. The smallest absolute Gasteiger partial charge is 0.227 e. The Morgan fingerprint density at radius 1 is 0.907 bits per heavy atom. The van der Waals surface area contributed by atoms with E-state index in [1.165, 1.54) is 22.3 Å². The van der Waals surface area contributed by atoms with E-state index < -0.39 is 0 Å². The number of carbonyl (C=O) groups excluding carboxylic acids is 1. The average molecular weight is 587 g/mol. The summed E-state index contributed by atoms with van der Waals surface area (Å²) in [6.45, 7) is 6.98. The summed E-state index contributed by atoms with van der Waals surface area (Å²) in [6.07, 6.45) is 4.91. The van der Waals surface area contributed by atoms with E-state index in [0.29, 0.717) is 11.6 Å². The fourth-order valence-electron chi connectivity index (χ4n) is 6.04. The highest BCUT2D eigenvalue weighted by Crippen LogP contribution is 2.42. The summed E-state index contributed by atoms with van der Waals surface area (Å²) in [6, 6.07) is 32.3. The number of amides is 1. The Balaban J connectivity index is 1.34. The van der Waals surface area contributed by atoms with Gasteiger partial charge in [0.15, 0.2) is 0 Å². The zero-order valence-electron chi connectivity index (χ0n) is 24.7. The van der Waals surface area contributed by atoms with Crippen LogP contribution in [0.5, 0.6) is 0 Å². The van der Waals surface area contributed by atoms with Gasteiger partial charge in [-0.3, -0.25) is 9.78 Å². The van der Waals surface area contributed by atoms with Crippen molar-refractivity contribution in [1.82, 2.24) is 19.7 Å². The number of rotatable bonds is 9. The zero-order valence-corrected chi connectivity index (χ0v) is 25.5. The van der Waals surface area contributed by atoms with E-state index in [1.807, 2.05) is 88.7 Å². The van der Waals surface area contributed by atoms with Crippen LogP contribution in [0.4, 0.5) is 0 Å². The van der Waals surface area contributed by atoms with Crippen molar-refractivity contribution in [3.63, 3.8) is 0 Å². The van der Waals surface area contributed by atoms with Crippen LogP contribution < -0.4 is 0 Å². The van der Waals surface area contributed by atoms with Gasteiger partial charge in [-0.15, -0.1) is 0 Å². The number of fused-ring (bicyclic) bond motifs is 1. The van der Waals surface area contributed by atoms with Gasteiger partial charge in [0.1, 0.15) is 0 Å². The number of allylic oxidation sites excluding steroid dienone is 1. The molecule has 1 amide bonds. The Morgan fingerprint density at radius 2 is 1.63 bits per heavy atom. The molecular weight excluding hydrogens is 552 g/mol. The molecule has 5 aromatic rings. The van der Waals surface area contributed by atoms with Crippen molar-refractivity contribution in [2.75, 3.05) is 6.54 Å². The predicted octanol–water partition coefficient (Wildman–Crippen LogP) is 8.18. The minimum absolute atomic E-state index is 0.0262. The molecule has 0 bridgehead atoms. The molecule has 2 heterocycles. The maximum atomic E-state index is 14.2. The molecule has 1 aliphatic carbocycles. The lowest BCUT2D eigenvalue weighted by Gasteiger charge is -2.29. The molecule has 0 radical (unpaired) electrons. The summed E-state index contributed by atoms with van der Waals surface area (Å²) in [4.78, 5) is 20.9. The first kappa shape index (κ1) is 28.6. The lowest BCUT2D eigenvalue weighted by atomic mass is 9.90. The van der Waals surface area contributed by atoms with Crippen molar-refractivity contribution in [2.45, 2.75) is 45.6 Å². The highest BCUT2D eigenvalue weighted by molar-refractivity contribution is 6.30. The van der Waals surface area contributed by atoms with E-state index in [4.69, 9.17) is 16.7 Å². The van der Waals surface area contributed by atoms with Crippen molar-refractivity contribution in [3.8, 4) is 16.9 Å². The molecule has 1 atom stereocenters. The maximum absolute atomic E-state index is 14.2. The van der Waals surface area contributed by atoms with Gasteiger partial charge < -0.3 is 4.90 Å². The highest BCUT2D eigenvalue weighted by atomic mass is 35.5. The van der Waals surface area contributed by atoms with Crippen molar-refractivity contribution in [2.24, 2.45) is 0 Å². The minimum Gasteiger partial charge on any atom is -0.336 e. The molecule has 216 valence electrons. The zero-order chi connectivity index (χ0) is 29.9. The summed E-state index contributed by atoms with van der Waals surface area (Å²) in [5.41, 5.74) is 9.71. The average Bonchev–Trinajstić information content (AvgIpc) is 3.62. The molecule has 5 nitrogen and oxygen atoms in total. The Labute approximate surface area is 258 Å². The van der Waals surface area contributed by atoms with Crippen molar-refractivity contribution in [1.29, 1.82) is 0 Å². The first-order valence-electron chi connectivity index (χ1n) is 14.8. The molecule has 2 aromatic heterocycles. The second kappa shape index (κ2) is 12.4. The van der Waals surface area contributed by atoms with Gasteiger partial charge in [-0.1, -0.05) is 79.2 Å². The van der Waals surface area contributed by atoms with Gasteiger partial charge in [0, 0.05) is 52.7 Å². The van der Waals surface area contributed by atoms with Gasteiger partial charge in [0.05, 0.1) is 17.8 Å². The molecule has 0 fully saturated rings. The Hall–Kier alpha value is -4.48. The Bertz CT molecular complexity index is 1760. The van der Waals surface area contributed by atoms with Crippen molar-refractivity contribution in [3.05, 3.63) is 142 Å². The number of halogens is 1. The SMILES string of the molecule is CC(C1=C(CN(C(=O)Cc2cn(-c3ccccc3)nc2-c2ccc(Cl)cc2)C(C)C)Cc2ccccc21)c1ccccn1. The van der Waals surface area contributed by atoms with Gasteiger partial charge in [-0.05, 0) is 78.9 Å². The van der Waals surface area contributed by atoms with Crippen LogP contribution in [-0.2, 0) is 17.6 Å². The van der Waals surface area contributed by atoms with Gasteiger partial charge in [0.25, 0.3) is 0 Å². The maximum Gasteiger partial charge on any atom is 0.227 e. The normalized spacial score (nSPS) is 13.3. The van der Waals surface area contributed by atoms with Crippen LogP contribution in [0.3, 0.4) is 0 Å². The molecule has 0 saturated carbocycles. The fourth-order valence-corrected chi connectivity index (χ4v) is 6.17. The second-order valence-electron chi connectivity index (χ2n) is 11.4. The van der Waals surface area contributed by atoms with E-state index in [-0.39, 0.29) is 24.3 Å². The molecule has 0 N–H and O–H groups in total. The van der Waals surface area contributed by atoms with Crippen LogP contribution in [0.15, 0.2) is 115 Å². The minimum atomic E-state index is 0.0262. The molecule has 1 unspecified atom stereocenters. The third-order valence-corrected chi connectivity index (χ3v) is 8.48. The first-order valence-corrected chi connectivity index (χ1v) is 15.2. The number of hydrogen-bond donors (Lipinski definition) is 0. The molecule has 6 rings (SSSR count). The molecule has 0 saturated heterocycles. The monoisotopic (exact) mass is 586 g/mol. The summed E-state index contributed by atoms with van der Waals surface area (Å²) < 4.78 is 1.86. The van der Waals surface area contributed by atoms with E-state index in [0.717, 1.165) is 34.6 Å². The molecule has 43 heavy (non-hydrogen) atoms. The summed E-state index contributed by atoms with van der Waals surface area (Å²) in [5, 5.41) is 5.59. The van der Waals surface area contributed by atoms with Crippen LogP contribution >= 0.6 is 11.6 Å². The lowest BCUT2D eigenvalue weighted by Crippen LogP contribution is -2.39. The quantitative estimate of drug-likeness (QED) is 0.175. The lowest BCUT2D eigenvalue weighted by molar-refractivity contribution is -0.131. The number of benzene rings is 3. The highest BCUT2D eigenvalue weighted by Gasteiger charge is 2.30. The number of aromatic nitrogens is 3. The van der Waals surface area contributed by atoms with E-state index in [1.54, 1.807) is 0 Å².